The van der Waals surface area contributed by atoms with Gasteiger partial charge in [0, 0.05) is 13.0 Å². The topological polar surface area (TPSA) is 26.3 Å². The molecule has 0 aromatic rings. The highest BCUT2D eigenvalue weighted by molar-refractivity contribution is 6.74. The molecule has 0 unspecified atom stereocenters. The second kappa shape index (κ2) is 4.85. The number of carbonyl (C=O) groups excluding carboxylic acids is 1. The van der Waals surface area contributed by atoms with Gasteiger partial charge >= 0.3 is 0 Å². The normalized spacial score (nSPS) is 31.6. The van der Waals surface area contributed by atoms with E-state index in [0.717, 1.165) is 19.4 Å². The average Bonchev–Trinajstić information content (AvgIpc) is 2.69. The summed E-state index contributed by atoms with van der Waals surface area (Å²) in [6.45, 7) is 14.6. The number of carbonyl (C=O) groups is 1. The van der Waals surface area contributed by atoms with Gasteiger partial charge in [-0.15, -0.1) is 0 Å². The first-order valence-corrected chi connectivity index (χ1v) is 10.4. The van der Waals surface area contributed by atoms with Crippen molar-refractivity contribution in [1.29, 1.82) is 0 Å². The van der Waals surface area contributed by atoms with Crippen molar-refractivity contribution in [3.8, 4) is 0 Å². The third-order valence-corrected chi connectivity index (χ3v) is 9.99. The van der Waals surface area contributed by atoms with Gasteiger partial charge < -0.3 is 4.43 Å². The summed E-state index contributed by atoms with van der Waals surface area (Å²) in [5, 5.41) is 0.263. The molecule has 0 saturated heterocycles. The van der Waals surface area contributed by atoms with Gasteiger partial charge in [-0.2, -0.15) is 0 Å². The third kappa shape index (κ3) is 2.87. The molecule has 0 radical (unpaired) electrons. The van der Waals surface area contributed by atoms with Crippen LogP contribution in [0.25, 0.3) is 0 Å². The Morgan fingerprint density at radius 3 is 2.53 bits per heavy atom. The molecule has 2 nitrogen and oxygen atoms in total. The first kappa shape index (κ1) is 15.0. The van der Waals surface area contributed by atoms with Crippen LogP contribution in [0.1, 0.15) is 40.5 Å². The van der Waals surface area contributed by atoms with E-state index in [9.17, 15) is 4.79 Å². The van der Waals surface area contributed by atoms with Crippen LogP contribution < -0.4 is 0 Å². The lowest BCUT2D eigenvalue weighted by Crippen LogP contribution is -2.42. The Hall–Kier alpha value is -0.413. The van der Waals surface area contributed by atoms with Crippen LogP contribution in [-0.4, -0.2) is 20.7 Å². The van der Waals surface area contributed by atoms with Crippen LogP contribution in [-0.2, 0) is 9.22 Å². The van der Waals surface area contributed by atoms with Crippen molar-refractivity contribution >= 4 is 14.1 Å². The largest absolute Gasteiger partial charge is 0.417 e. The summed E-state index contributed by atoms with van der Waals surface area (Å²) >= 11 is 0. The van der Waals surface area contributed by atoms with Gasteiger partial charge in [0.15, 0.2) is 14.1 Å². The maximum atomic E-state index is 11.6. The van der Waals surface area contributed by atoms with Gasteiger partial charge in [0.2, 0.25) is 0 Å². The second-order valence-corrected chi connectivity index (χ2v) is 12.7. The SMILES string of the molecule is C[C@@H]1CC2=CC(=O)C[C@@H]2[C@H]1CO[Si](C)(C)C(C)(C)C. The highest BCUT2D eigenvalue weighted by Gasteiger charge is 2.44. The molecule has 0 bridgehead atoms. The minimum atomic E-state index is -1.67. The number of ketones is 1. The molecule has 108 valence electrons. The molecule has 2 rings (SSSR count). The molecule has 2 aliphatic rings. The van der Waals surface area contributed by atoms with E-state index in [-0.39, 0.29) is 5.04 Å². The fraction of sp³-hybridized carbons (Fsp3) is 0.812. The highest BCUT2D eigenvalue weighted by Crippen LogP contribution is 2.47. The summed E-state index contributed by atoms with van der Waals surface area (Å²) in [4.78, 5) is 11.6. The number of allylic oxidation sites excluding steroid dienone is 2. The Balaban J connectivity index is 2.01. The number of hydrogen-bond acceptors (Lipinski definition) is 2. The maximum Gasteiger partial charge on any atom is 0.191 e. The minimum Gasteiger partial charge on any atom is -0.417 e. The zero-order valence-corrected chi connectivity index (χ0v) is 14.2. The quantitative estimate of drug-likeness (QED) is 0.725. The smallest absolute Gasteiger partial charge is 0.191 e. The molecule has 0 spiro atoms. The maximum absolute atomic E-state index is 11.6. The molecule has 1 fully saturated rings. The van der Waals surface area contributed by atoms with Crippen LogP contribution in [0.5, 0.6) is 0 Å². The highest BCUT2D eigenvalue weighted by atomic mass is 28.4. The van der Waals surface area contributed by atoms with Crippen molar-refractivity contribution in [2.24, 2.45) is 17.8 Å². The van der Waals surface area contributed by atoms with Crippen LogP contribution in [0.15, 0.2) is 11.6 Å². The van der Waals surface area contributed by atoms with E-state index in [1.54, 1.807) is 0 Å². The van der Waals surface area contributed by atoms with E-state index in [0.29, 0.717) is 23.5 Å². The molecule has 0 amide bonds. The second-order valence-electron chi connectivity index (χ2n) is 7.91. The first-order chi connectivity index (χ1) is 8.62. The Morgan fingerprint density at radius 2 is 1.95 bits per heavy atom. The van der Waals surface area contributed by atoms with Gasteiger partial charge in [0.1, 0.15) is 0 Å². The molecule has 0 N–H and O–H groups in total. The van der Waals surface area contributed by atoms with E-state index in [4.69, 9.17) is 4.43 Å². The number of rotatable bonds is 3. The summed E-state index contributed by atoms with van der Waals surface area (Å²) in [5.74, 6) is 2.01. The molecular weight excluding hydrogens is 252 g/mol. The zero-order valence-electron chi connectivity index (χ0n) is 13.2. The Labute approximate surface area is 118 Å². The van der Waals surface area contributed by atoms with Crippen molar-refractivity contribution in [2.75, 3.05) is 6.61 Å². The van der Waals surface area contributed by atoms with Crippen LogP contribution in [0.3, 0.4) is 0 Å². The fourth-order valence-corrected chi connectivity index (χ4v) is 4.12. The standard InChI is InChI=1S/C16H28O2Si/c1-11-7-12-8-13(17)9-14(12)15(11)10-18-19(5,6)16(2,3)4/h8,11,14-15H,7,9-10H2,1-6H3/t11-,14+,15+/m1/s1. The van der Waals surface area contributed by atoms with Crippen LogP contribution in [0.2, 0.25) is 18.1 Å². The summed E-state index contributed by atoms with van der Waals surface area (Å²) in [6.07, 6.45) is 3.72. The predicted molar refractivity (Wildman–Crippen MR) is 81.6 cm³/mol. The number of fused-ring (bicyclic) bond motifs is 1. The van der Waals surface area contributed by atoms with Gasteiger partial charge in [-0.05, 0) is 48.4 Å². The molecule has 19 heavy (non-hydrogen) atoms. The molecule has 0 heterocycles. The van der Waals surface area contributed by atoms with Crippen molar-refractivity contribution in [1.82, 2.24) is 0 Å². The monoisotopic (exact) mass is 280 g/mol. The van der Waals surface area contributed by atoms with Crippen molar-refractivity contribution in [3.05, 3.63) is 11.6 Å². The molecule has 3 atom stereocenters. The summed E-state index contributed by atoms with van der Waals surface area (Å²) < 4.78 is 6.39. The van der Waals surface area contributed by atoms with E-state index >= 15 is 0 Å². The van der Waals surface area contributed by atoms with Crippen LogP contribution in [0, 0.1) is 17.8 Å². The first-order valence-electron chi connectivity index (χ1n) is 7.49. The van der Waals surface area contributed by atoms with E-state index in [1.807, 2.05) is 6.08 Å². The summed E-state index contributed by atoms with van der Waals surface area (Å²) in [5.41, 5.74) is 1.39. The molecule has 3 heteroatoms. The van der Waals surface area contributed by atoms with Gasteiger partial charge in [0.05, 0.1) is 0 Å². The van der Waals surface area contributed by atoms with Crippen LogP contribution in [0.4, 0.5) is 0 Å². The minimum absolute atomic E-state index is 0.263. The van der Waals surface area contributed by atoms with Crippen molar-refractivity contribution in [3.63, 3.8) is 0 Å². The Bertz CT molecular complexity index is 403. The van der Waals surface area contributed by atoms with Gasteiger partial charge in [-0.3, -0.25) is 4.79 Å². The molecule has 2 aliphatic carbocycles. The van der Waals surface area contributed by atoms with Gasteiger partial charge in [-0.1, -0.05) is 33.3 Å². The molecule has 1 saturated carbocycles. The zero-order chi connectivity index (χ0) is 14.4. The lowest BCUT2D eigenvalue weighted by molar-refractivity contribution is -0.114. The molecule has 0 aromatic carbocycles. The molecule has 0 aliphatic heterocycles. The van der Waals surface area contributed by atoms with Crippen molar-refractivity contribution in [2.45, 2.75) is 58.7 Å². The lowest BCUT2D eigenvalue weighted by Gasteiger charge is -2.38. The third-order valence-electron chi connectivity index (χ3n) is 5.49. The molecule has 0 aromatic heterocycles. The van der Waals surface area contributed by atoms with E-state index in [2.05, 4.69) is 40.8 Å². The molecular formula is C16H28O2Si. The number of hydrogen-bond donors (Lipinski definition) is 0. The predicted octanol–water partition coefficient (Wildman–Crippen LogP) is 4.18. The van der Waals surface area contributed by atoms with Gasteiger partial charge in [0.25, 0.3) is 0 Å². The van der Waals surface area contributed by atoms with Crippen molar-refractivity contribution < 1.29 is 9.22 Å². The average molecular weight is 280 g/mol. The Kier molecular flexibility index (Phi) is 3.82. The van der Waals surface area contributed by atoms with Crippen LogP contribution >= 0.6 is 0 Å². The summed E-state index contributed by atoms with van der Waals surface area (Å²) in [7, 11) is -1.67. The Morgan fingerprint density at radius 1 is 1.32 bits per heavy atom. The van der Waals surface area contributed by atoms with E-state index in [1.165, 1.54) is 5.57 Å². The summed E-state index contributed by atoms with van der Waals surface area (Å²) in [6, 6.07) is 0. The van der Waals surface area contributed by atoms with E-state index < -0.39 is 8.32 Å². The lowest BCUT2D eigenvalue weighted by atomic mass is 9.89. The van der Waals surface area contributed by atoms with Gasteiger partial charge in [-0.25, -0.2) is 0 Å². The fourth-order valence-electron chi connectivity index (χ4n) is 3.08.